The van der Waals surface area contributed by atoms with Gasteiger partial charge in [-0.1, -0.05) is 32.0 Å². The zero-order valence-corrected chi connectivity index (χ0v) is 14.5. The Morgan fingerprint density at radius 1 is 1.17 bits per heavy atom. The standard InChI is InChI=1S/C17H19ClF3N3/c1-4-11-13(5-2)23-16(18)24-15(11)22-9-10-7-6-8-12(14(10)19)17(3,20)21/h6-8H,4-5,9H2,1-3H3,(H,22,23,24). The van der Waals surface area contributed by atoms with Crippen molar-refractivity contribution in [1.29, 1.82) is 0 Å². The highest BCUT2D eigenvalue weighted by Crippen LogP contribution is 2.31. The van der Waals surface area contributed by atoms with Gasteiger partial charge in [0.05, 0.1) is 11.3 Å². The van der Waals surface area contributed by atoms with E-state index < -0.39 is 17.3 Å². The first-order valence-electron chi connectivity index (χ1n) is 7.72. The van der Waals surface area contributed by atoms with Crippen LogP contribution in [0.2, 0.25) is 5.28 Å². The molecule has 0 bridgehead atoms. The number of rotatable bonds is 6. The van der Waals surface area contributed by atoms with Gasteiger partial charge in [-0.05, 0) is 24.4 Å². The van der Waals surface area contributed by atoms with Gasteiger partial charge in [-0.3, -0.25) is 0 Å². The SMILES string of the molecule is CCc1nc(Cl)nc(NCc2cccc(C(C)(F)F)c2F)c1CC. The number of hydrogen-bond donors (Lipinski definition) is 1. The summed E-state index contributed by atoms with van der Waals surface area (Å²) in [5, 5.41) is 3.09. The van der Waals surface area contributed by atoms with Crippen LogP contribution in [0, 0.1) is 5.82 Å². The first-order valence-corrected chi connectivity index (χ1v) is 8.10. The normalized spacial score (nSPS) is 11.6. The maximum absolute atomic E-state index is 14.3. The van der Waals surface area contributed by atoms with Gasteiger partial charge in [0.15, 0.2) is 0 Å². The Kier molecular flexibility index (Phi) is 5.70. The molecule has 2 aromatic rings. The van der Waals surface area contributed by atoms with E-state index in [1.54, 1.807) is 0 Å². The minimum Gasteiger partial charge on any atom is -0.366 e. The Morgan fingerprint density at radius 2 is 1.88 bits per heavy atom. The third-order valence-electron chi connectivity index (χ3n) is 3.75. The fourth-order valence-corrected chi connectivity index (χ4v) is 2.73. The summed E-state index contributed by atoms with van der Waals surface area (Å²) in [5.41, 5.74) is 1.23. The maximum atomic E-state index is 14.3. The Hall–Kier alpha value is -1.82. The molecule has 1 aromatic heterocycles. The van der Waals surface area contributed by atoms with Crippen molar-refractivity contribution < 1.29 is 13.2 Å². The van der Waals surface area contributed by atoms with Gasteiger partial charge in [-0.2, -0.15) is 0 Å². The van der Waals surface area contributed by atoms with Crippen molar-refractivity contribution >= 4 is 17.4 Å². The third kappa shape index (κ3) is 3.98. The number of benzene rings is 1. The number of anilines is 1. The van der Waals surface area contributed by atoms with E-state index in [9.17, 15) is 13.2 Å². The summed E-state index contributed by atoms with van der Waals surface area (Å²) in [5.74, 6) is -3.64. The highest BCUT2D eigenvalue weighted by molar-refractivity contribution is 6.28. The number of halogens is 4. The molecule has 0 saturated carbocycles. The molecule has 0 fully saturated rings. The van der Waals surface area contributed by atoms with Crippen molar-refractivity contribution in [1.82, 2.24) is 9.97 Å². The van der Waals surface area contributed by atoms with Gasteiger partial charge in [-0.15, -0.1) is 0 Å². The fourth-order valence-electron chi connectivity index (χ4n) is 2.54. The summed E-state index contributed by atoms with van der Waals surface area (Å²) in [7, 11) is 0. The van der Waals surface area contributed by atoms with Crippen LogP contribution in [0.1, 0.15) is 43.2 Å². The molecule has 0 spiro atoms. The van der Waals surface area contributed by atoms with E-state index in [0.29, 0.717) is 25.6 Å². The van der Waals surface area contributed by atoms with E-state index in [-0.39, 0.29) is 17.4 Å². The van der Waals surface area contributed by atoms with Crippen molar-refractivity contribution in [3.8, 4) is 0 Å². The molecule has 3 nitrogen and oxygen atoms in total. The average molecular weight is 358 g/mol. The van der Waals surface area contributed by atoms with Crippen LogP contribution < -0.4 is 5.32 Å². The molecule has 7 heteroatoms. The van der Waals surface area contributed by atoms with E-state index >= 15 is 0 Å². The smallest absolute Gasteiger partial charge is 0.273 e. The predicted octanol–water partition coefficient (Wildman–Crippen LogP) is 5.12. The lowest BCUT2D eigenvalue weighted by Gasteiger charge is -2.16. The van der Waals surface area contributed by atoms with E-state index in [4.69, 9.17) is 11.6 Å². The molecule has 0 amide bonds. The minimum atomic E-state index is -3.23. The predicted molar refractivity (Wildman–Crippen MR) is 89.1 cm³/mol. The molecule has 0 atom stereocenters. The average Bonchev–Trinajstić information content (AvgIpc) is 2.52. The van der Waals surface area contributed by atoms with Gasteiger partial charge in [0, 0.05) is 24.6 Å². The molecule has 0 aliphatic rings. The molecular formula is C17H19ClF3N3. The van der Waals surface area contributed by atoms with Crippen molar-refractivity contribution in [2.24, 2.45) is 0 Å². The Labute approximate surface area is 144 Å². The summed E-state index contributed by atoms with van der Waals surface area (Å²) in [6.45, 7) is 4.61. The molecule has 1 heterocycles. The van der Waals surface area contributed by atoms with E-state index in [1.807, 2.05) is 13.8 Å². The molecule has 2 rings (SSSR count). The number of aromatic nitrogens is 2. The van der Waals surface area contributed by atoms with Crippen LogP contribution in [0.3, 0.4) is 0 Å². The molecule has 0 saturated heterocycles. The van der Waals surface area contributed by atoms with Gasteiger partial charge in [-0.25, -0.2) is 23.1 Å². The monoisotopic (exact) mass is 357 g/mol. The number of hydrogen-bond acceptors (Lipinski definition) is 3. The summed E-state index contributed by atoms with van der Waals surface area (Å²) in [4.78, 5) is 8.32. The minimum absolute atomic E-state index is 0.0270. The second-order valence-electron chi connectivity index (χ2n) is 5.49. The maximum Gasteiger partial charge on any atom is 0.273 e. The number of aryl methyl sites for hydroxylation is 1. The lowest BCUT2D eigenvalue weighted by Crippen LogP contribution is -2.14. The zero-order chi connectivity index (χ0) is 17.9. The molecule has 24 heavy (non-hydrogen) atoms. The van der Waals surface area contributed by atoms with Gasteiger partial charge in [0.2, 0.25) is 5.28 Å². The van der Waals surface area contributed by atoms with Gasteiger partial charge < -0.3 is 5.32 Å². The number of alkyl halides is 2. The van der Waals surface area contributed by atoms with Crippen molar-refractivity contribution in [3.63, 3.8) is 0 Å². The van der Waals surface area contributed by atoms with E-state index in [2.05, 4.69) is 15.3 Å². The highest BCUT2D eigenvalue weighted by atomic mass is 35.5. The first-order chi connectivity index (χ1) is 11.3. The van der Waals surface area contributed by atoms with Gasteiger partial charge >= 0.3 is 0 Å². The van der Waals surface area contributed by atoms with Crippen LogP contribution in [-0.2, 0) is 25.3 Å². The molecule has 0 aliphatic heterocycles. The molecule has 0 radical (unpaired) electrons. The zero-order valence-electron chi connectivity index (χ0n) is 13.8. The molecule has 1 aromatic carbocycles. The van der Waals surface area contributed by atoms with Crippen LogP contribution in [0.5, 0.6) is 0 Å². The second-order valence-corrected chi connectivity index (χ2v) is 5.83. The molecule has 0 aliphatic carbocycles. The summed E-state index contributed by atoms with van der Waals surface area (Å²) < 4.78 is 41.2. The van der Waals surface area contributed by atoms with Crippen LogP contribution in [0.15, 0.2) is 18.2 Å². The molecule has 130 valence electrons. The summed E-state index contributed by atoms with van der Waals surface area (Å²) in [6, 6.07) is 3.97. The summed E-state index contributed by atoms with van der Waals surface area (Å²) >= 11 is 5.92. The molecule has 0 unspecified atom stereocenters. The van der Waals surface area contributed by atoms with Gasteiger partial charge in [0.25, 0.3) is 5.92 Å². The van der Waals surface area contributed by atoms with Gasteiger partial charge in [0.1, 0.15) is 11.6 Å². The van der Waals surface area contributed by atoms with Crippen molar-refractivity contribution in [2.45, 2.75) is 46.1 Å². The highest BCUT2D eigenvalue weighted by Gasteiger charge is 2.29. The van der Waals surface area contributed by atoms with Crippen molar-refractivity contribution in [3.05, 3.63) is 51.7 Å². The number of nitrogens with one attached hydrogen (secondary N) is 1. The van der Waals surface area contributed by atoms with E-state index in [0.717, 1.165) is 17.3 Å². The fraction of sp³-hybridized carbons (Fsp3) is 0.412. The van der Waals surface area contributed by atoms with E-state index in [1.165, 1.54) is 12.1 Å². The molecule has 1 N–H and O–H groups in total. The van der Waals surface area contributed by atoms with Crippen LogP contribution in [-0.4, -0.2) is 9.97 Å². The molecular weight excluding hydrogens is 339 g/mol. The summed E-state index contributed by atoms with van der Waals surface area (Å²) in [6.07, 6.45) is 1.37. The van der Waals surface area contributed by atoms with Crippen molar-refractivity contribution in [2.75, 3.05) is 5.32 Å². The Bertz CT molecular complexity index is 730. The quantitative estimate of drug-likeness (QED) is 0.729. The van der Waals surface area contributed by atoms with Crippen LogP contribution in [0.4, 0.5) is 19.0 Å². The van der Waals surface area contributed by atoms with Crippen LogP contribution in [0.25, 0.3) is 0 Å². The second kappa shape index (κ2) is 7.38. The third-order valence-corrected chi connectivity index (χ3v) is 3.92. The van der Waals surface area contributed by atoms with Crippen LogP contribution >= 0.6 is 11.6 Å². The Balaban J connectivity index is 2.31. The lowest BCUT2D eigenvalue weighted by atomic mass is 10.0. The Morgan fingerprint density at radius 3 is 2.46 bits per heavy atom. The lowest BCUT2D eigenvalue weighted by molar-refractivity contribution is 0.0136. The number of nitrogens with zero attached hydrogens (tertiary/aromatic N) is 2. The topological polar surface area (TPSA) is 37.8 Å². The first kappa shape index (κ1) is 18.5. The largest absolute Gasteiger partial charge is 0.366 e.